The number of carbonyl (C=O) groups is 1. The lowest BCUT2D eigenvalue weighted by atomic mass is 10.1. The first-order valence-electron chi connectivity index (χ1n) is 7.51. The molecule has 6 nitrogen and oxygen atoms in total. The van der Waals surface area contributed by atoms with Gasteiger partial charge < -0.3 is 10.6 Å². The Morgan fingerprint density at radius 2 is 2.23 bits per heavy atom. The number of nitrogens with two attached hydrogens (primary N) is 1. The number of amides is 1. The first-order chi connectivity index (χ1) is 10.5. The second kappa shape index (κ2) is 9.07. The van der Waals surface area contributed by atoms with Crippen LogP contribution in [0.2, 0.25) is 0 Å². The summed E-state index contributed by atoms with van der Waals surface area (Å²) in [6.45, 7) is 6.04. The van der Waals surface area contributed by atoms with Gasteiger partial charge >= 0.3 is 6.01 Å². The monoisotopic (exact) mass is 304 g/mol. The number of nitrogens with zero attached hydrogens (tertiary/aromatic N) is 4. The maximum Gasteiger partial charge on any atom is 0.307 e. The average molecular weight is 304 g/mol. The summed E-state index contributed by atoms with van der Waals surface area (Å²) in [4.78, 5) is 22.5. The zero-order valence-electron chi connectivity index (χ0n) is 13.9. The van der Waals surface area contributed by atoms with Crippen molar-refractivity contribution in [3.63, 3.8) is 0 Å². The number of primary amides is 1. The highest BCUT2D eigenvalue weighted by Crippen LogP contribution is 2.15. The molecule has 1 aromatic heterocycles. The topological polar surface area (TPSA) is 74.6 Å². The number of aromatic nitrogens is 1. The van der Waals surface area contributed by atoms with Crippen molar-refractivity contribution in [3.05, 3.63) is 29.6 Å². The molecule has 1 atom stereocenters. The molecule has 0 fully saturated rings. The highest BCUT2D eigenvalue weighted by atomic mass is 16.1. The second-order valence-corrected chi connectivity index (χ2v) is 5.49. The molecular weight excluding hydrogens is 278 g/mol. The first-order valence-corrected chi connectivity index (χ1v) is 7.51. The summed E-state index contributed by atoms with van der Waals surface area (Å²) in [5.74, 6) is -0.444. The molecule has 0 spiro atoms. The van der Waals surface area contributed by atoms with Crippen molar-refractivity contribution < 1.29 is 9.37 Å². The van der Waals surface area contributed by atoms with Gasteiger partial charge in [-0.05, 0) is 51.0 Å². The second-order valence-electron chi connectivity index (χ2n) is 5.49. The number of aliphatic imine (C=N–C) groups is 1. The van der Waals surface area contributed by atoms with Crippen LogP contribution in [-0.4, -0.2) is 60.1 Å². The molecular formula is C16H26N5O+. The van der Waals surface area contributed by atoms with E-state index in [4.69, 9.17) is 5.73 Å². The smallest absolute Gasteiger partial charge is 0.307 e. The minimum atomic E-state index is -0.641. The van der Waals surface area contributed by atoms with E-state index in [9.17, 15) is 4.79 Å². The molecule has 0 unspecified atom stereocenters. The van der Waals surface area contributed by atoms with Gasteiger partial charge in [0.25, 0.3) is 5.91 Å². The van der Waals surface area contributed by atoms with Gasteiger partial charge in [-0.2, -0.15) is 0 Å². The van der Waals surface area contributed by atoms with Gasteiger partial charge in [0.05, 0.1) is 12.2 Å². The van der Waals surface area contributed by atoms with Gasteiger partial charge in [0, 0.05) is 12.7 Å². The molecule has 0 saturated carbocycles. The van der Waals surface area contributed by atoms with E-state index in [1.807, 2.05) is 40.1 Å². The highest BCUT2D eigenvalue weighted by Gasteiger charge is 2.27. The zero-order valence-corrected chi connectivity index (χ0v) is 13.9. The van der Waals surface area contributed by atoms with Crippen LogP contribution in [0.1, 0.15) is 30.6 Å². The minimum Gasteiger partial charge on any atom is -0.366 e. The third-order valence-electron chi connectivity index (χ3n) is 3.16. The van der Waals surface area contributed by atoms with Crippen LogP contribution in [-0.2, 0) is 4.79 Å². The Morgan fingerprint density at radius 1 is 1.50 bits per heavy atom. The van der Waals surface area contributed by atoms with Crippen molar-refractivity contribution >= 4 is 11.9 Å². The van der Waals surface area contributed by atoms with Crippen molar-refractivity contribution in [1.29, 1.82) is 0 Å². The van der Waals surface area contributed by atoms with E-state index < -0.39 is 11.9 Å². The maximum atomic E-state index is 11.9. The first kappa shape index (κ1) is 18.0. The van der Waals surface area contributed by atoms with E-state index in [-0.39, 0.29) is 0 Å². The van der Waals surface area contributed by atoms with Crippen LogP contribution in [0.15, 0.2) is 23.3 Å². The summed E-state index contributed by atoms with van der Waals surface area (Å²) in [7, 11) is 4.03. The Labute approximate surface area is 132 Å². The number of hydrogen-bond acceptors (Lipinski definition) is 4. The Bertz CT molecular complexity index is 544. The predicted octanol–water partition coefficient (Wildman–Crippen LogP) is 1.07. The van der Waals surface area contributed by atoms with Crippen molar-refractivity contribution in [3.8, 4) is 0 Å². The van der Waals surface area contributed by atoms with E-state index in [1.54, 1.807) is 10.8 Å². The van der Waals surface area contributed by atoms with Gasteiger partial charge in [0.2, 0.25) is 6.04 Å². The number of aryl methyl sites for hydroxylation is 1. The minimum absolute atomic E-state index is 0.444. The molecule has 6 heteroatoms. The van der Waals surface area contributed by atoms with E-state index in [2.05, 4.69) is 20.9 Å². The number of hydrogen-bond donors (Lipinski definition) is 1. The fourth-order valence-corrected chi connectivity index (χ4v) is 2.06. The van der Waals surface area contributed by atoms with Crippen molar-refractivity contribution in [2.75, 3.05) is 33.7 Å². The molecule has 0 aliphatic rings. The number of rotatable bonds is 8. The van der Waals surface area contributed by atoms with Crippen LogP contribution >= 0.6 is 0 Å². The summed E-state index contributed by atoms with van der Waals surface area (Å²) in [6, 6.07) is 6.05. The van der Waals surface area contributed by atoms with Crippen LogP contribution in [0.5, 0.6) is 0 Å². The molecule has 2 N–H and O–H groups in total. The van der Waals surface area contributed by atoms with E-state index in [0.29, 0.717) is 18.8 Å². The molecule has 0 aromatic carbocycles. The van der Waals surface area contributed by atoms with Crippen molar-refractivity contribution in [2.45, 2.75) is 26.3 Å². The number of pyridine rings is 1. The third kappa shape index (κ3) is 5.76. The lowest BCUT2D eigenvalue weighted by Gasteiger charge is -2.15. The molecule has 1 heterocycles. The van der Waals surface area contributed by atoms with Gasteiger partial charge in [0.15, 0.2) is 0 Å². The molecule has 120 valence electrons. The summed E-state index contributed by atoms with van der Waals surface area (Å²) in [5.41, 5.74) is 7.26. The quantitative estimate of drug-likeness (QED) is 0.577. The molecule has 0 radical (unpaired) electrons. The third-order valence-corrected chi connectivity index (χ3v) is 3.16. The van der Waals surface area contributed by atoms with Crippen LogP contribution < -0.4 is 5.73 Å². The standard InChI is InChI=1S/C16H25N5O/c1-5-18-12-21(10-6-9-20(3)4)15(16(17)22)14-8-7-13(2)11-19-14/h7-8,11,15H,5-6,9-10H2,1-4H3,(H-,17,22)/p+1/t15-/m0/s1. The van der Waals surface area contributed by atoms with E-state index in [1.165, 1.54) is 0 Å². The summed E-state index contributed by atoms with van der Waals surface area (Å²) in [5, 5.41) is 0. The van der Waals surface area contributed by atoms with Gasteiger partial charge in [-0.15, -0.1) is 0 Å². The Morgan fingerprint density at radius 3 is 2.73 bits per heavy atom. The Kier molecular flexibility index (Phi) is 7.43. The molecule has 0 aliphatic carbocycles. The van der Waals surface area contributed by atoms with Crippen molar-refractivity contribution in [2.24, 2.45) is 10.7 Å². The van der Waals surface area contributed by atoms with Crippen LogP contribution in [0, 0.1) is 6.92 Å². The van der Waals surface area contributed by atoms with Gasteiger partial charge in [-0.25, -0.2) is 4.58 Å². The van der Waals surface area contributed by atoms with E-state index in [0.717, 1.165) is 18.5 Å². The molecule has 22 heavy (non-hydrogen) atoms. The summed E-state index contributed by atoms with van der Waals surface area (Å²) < 4.78 is 1.76. The van der Waals surface area contributed by atoms with Crippen LogP contribution in [0.25, 0.3) is 0 Å². The zero-order chi connectivity index (χ0) is 16.5. The molecule has 0 bridgehead atoms. The molecule has 1 aromatic rings. The molecule has 1 amide bonds. The molecule has 1 rings (SSSR count). The van der Waals surface area contributed by atoms with Crippen LogP contribution in [0.4, 0.5) is 0 Å². The number of carbonyl (C=O) groups excluding carboxylic acids is 1. The van der Waals surface area contributed by atoms with Gasteiger partial charge in [-0.3, -0.25) is 9.78 Å². The Hall–Kier alpha value is -2.04. The van der Waals surface area contributed by atoms with Gasteiger partial charge in [-0.1, -0.05) is 6.07 Å². The fourth-order valence-electron chi connectivity index (χ4n) is 2.06. The highest BCUT2D eigenvalue weighted by molar-refractivity contribution is 5.79. The predicted molar refractivity (Wildman–Crippen MR) is 87.2 cm³/mol. The van der Waals surface area contributed by atoms with Gasteiger partial charge in [0.1, 0.15) is 6.54 Å². The lowest BCUT2D eigenvalue weighted by Crippen LogP contribution is -2.33. The SMILES string of the molecule is CCN=C=[N+](CCCN(C)C)[C@H](C(N)=O)c1ccc(C)cn1. The molecule has 0 saturated heterocycles. The van der Waals surface area contributed by atoms with Crippen molar-refractivity contribution in [1.82, 2.24) is 9.88 Å². The van der Waals surface area contributed by atoms with E-state index >= 15 is 0 Å². The Balaban J connectivity index is 3.07. The average Bonchev–Trinajstić information content (AvgIpc) is 2.45. The summed E-state index contributed by atoms with van der Waals surface area (Å²) >= 11 is 0. The van der Waals surface area contributed by atoms with Crippen LogP contribution in [0.3, 0.4) is 0 Å². The lowest BCUT2D eigenvalue weighted by molar-refractivity contribution is -0.553. The largest absolute Gasteiger partial charge is 0.366 e. The maximum absolute atomic E-state index is 11.9. The fraction of sp³-hybridized carbons (Fsp3) is 0.562. The molecule has 0 aliphatic heterocycles. The summed E-state index contributed by atoms with van der Waals surface area (Å²) in [6.07, 6.45) is 2.62. The normalized spacial score (nSPS) is 11.9.